The van der Waals surface area contributed by atoms with Crippen molar-refractivity contribution in [2.75, 3.05) is 13.3 Å². The number of rotatable bonds is 2. The fourth-order valence-corrected chi connectivity index (χ4v) is 0.949. The third-order valence-corrected chi connectivity index (χ3v) is 1.45. The van der Waals surface area contributed by atoms with Crippen molar-refractivity contribution >= 4 is 7.92 Å². The molecule has 0 spiro atoms. The lowest BCUT2D eigenvalue weighted by Gasteiger charge is -1.90. The van der Waals surface area contributed by atoms with Crippen molar-refractivity contribution in [2.24, 2.45) is 0 Å². The van der Waals surface area contributed by atoms with E-state index in [0.717, 1.165) is 0 Å². The summed E-state index contributed by atoms with van der Waals surface area (Å²) in [6.45, 7) is 6.66. The standard InChI is InChI=1S/C6H13P/c1-4-5-6-7(2)3/h5-6H,4H2,1-3H3/b6-5+. The predicted molar refractivity (Wildman–Crippen MR) is 38.2 cm³/mol. The highest BCUT2D eigenvalue weighted by Gasteiger charge is 1.76. The van der Waals surface area contributed by atoms with Crippen LogP contribution in [-0.4, -0.2) is 13.3 Å². The Morgan fingerprint density at radius 1 is 1.43 bits per heavy atom. The van der Waals surface area contributed by atoms with Crippen molar-refractivity contribution in [1.82, 2.24) is 0 Å². The summed E-state index contributed by atoms with van der Waals surface area (Å²) in [7, 11) is 0.213. The van der Waals surface area contributed by atoms with Gasteiger partial charge in [-0.05, 0) is 19.8 Å². The third-order valence-electron chi connectivity index (χ3n) is 0.639. The van der Waals surface area contributed by atoms with Crippen LogP contribution in [0.3, 0.4) is 0 Å². The molecule has 0 atom stereocenters. The van der Waals surface area contributed by atoms with Gasteiger partial charge in [0, 0.05) is 0 Å². The van der Waals surface area contributed by atoms with Gasteiger partial charge in [-0.1, -0.05) is 26.7 Å². The van der Waals surface area contributed by atoms with Gasteiger partial charge in [0.15, 0.2) is 0 Å². The van der Waals surface area contributed by atoms with Crippen LogP contribution in [0.5, 0.6) is 0 Å². The number of allylic oxidation sites excluding steroid dienone is 1. The van der Waals surface area contributed by atoms with Crippen molar-refractivity contribution in [3.8, 4) is 0 Å². The van der Waals surface area contributed by atoms with Gasteiger partial charge in [0.25, 0.3) is 0 Å². The van der Waals surface area contributed by atoms with E-state index in [-0.39, 0.29) is 7.92 Å². The van der Waals surface area contributed by atoms with Crippen LogP contribution < -0.4 is 0 Å². The predicted octanol–water partition coefficient (Wildman–Crippen LogP) is 2.65. The van der Waals surface area contributed by atoms with Gasteiger partial charge in [0.05, 0.1) is 0 Å². The first kappa shape index (κ1) is 7.17. The molecule has 0 aliphatic carbocycles. The summed E-state index contributed by atoms with van der Waals surface area (Å²) < 4.78 is 0. The zero-order valence-electron chi connectivity index (χ0n) is 5.31. The molecule has 0 heterocycles. The maximum atomic E-state index is 2.29. The molecule has 7 heavy (non-hydrogen) atoms. The molecule has 0 bridgehead atoms. The molecular formula is C6H13P. The summed E-state index contributed by atoms with van der Waals surface area (Å²) >= 11 is 0. The maximum Gasteiger partial charge on any atom is -0.0376 e. The van der Waals surface area contributed by atoms with Crippen molar-refractivity contribution in [3.63, 3.8) is 0 Å². The minimum Gasteiger partial charge on any atom is -0.0900 e. The van der Waals surface area contributed by atoms with Crippen LogP contribution in [0, 0.1) is 0 Å². The second kappa shape index (κ2) is 4.33. The van der Waals surface area contributed by atoms with Crippen LogP contribution in [0.25, 0.3) is 0 Å². The summed E-state index contributed by atoms with van der Waals surface area (Å²) in [5.74, 6) is 2.29. The molecule has 0 saturated heterocycles. The largest absolute Gasteiger partial charge is 0.0900 e. The van der Waals surface area contributed by atoms with Crippen molar-refractivity contribution in [2.45, 2.75) is 13.3 Å². The fourth-order valence-electron chi connectivity index (χ4n) is 0.316. The Morgan fingerprint density at radius 2 is 2.00 bits per heavy atom. The van der Waals surface area contributed by atoms with Gasteiger partial charge < -0.3 is 0 Å². The van der Waals surface area contributed by atoms with Gasteiger partial charge in [0.1, 0.15) is 0 Å². The van der Waals surface area contributed by atoms with E-state index in [0.29, 0.717) is 0 Å². The third kappa shape index (κ3) is 6.17. The van der Waals surface area contributed by atoms with Gasteiger partial charge in [-0.15, -0.1) is 0 Å². The van der Waals surface area contributed by atoms with E-state index in [1.165, 1.54) is 6.42 Å². The normalized spacial score (nSPS) is 11.4. The van der Waals surface area contributed by atoms with Crippen molar-refractivity contribution in [1.29, 1.82) is 0 Å². The van der Waals surface area contributed by atoms with Crippen molar-refractivity contribution < 1.29 is 0 Å². The van der Waals surface area contributed by atoms with Crippen LogP contribution in [0.4, 0.5) is 0 Å². The Bertz CT molecular complexity index is 55.2. The van der Waals surface area contributed by atoms with E-state index in [2.05, 4.69) is 32.1 Å². The van der Waals surface area contributed by atoms with Crippen molar-refractivity contribution in [3.05, 3.63) is 11.9 Å². The number of hydrogen-bond donors (Lipinski definition) is 0. The average molecular weight is 116 g/mol. The first-order valence-electron chi connectivity index (χ1n) is 2.60. The maximum absolute atomic E-state index is 2.29. The van der Waals surface area contributed by atoms with E-state index in [1.54, 1.807) is 0 Å². The Hall–Kier alpha value is 0.170. The molecule has 0 saturated carbocycles. The van der Waals surface area contributed by atoms with Crippen LogP contribution >= 0.6 is 7.92 Å². The Kier molecular flexibility index (Phi) is 4.44. The van der Waals surface area contributed by atoms with Gasteiger partial charge in [-0.3, -0.25) is 0 Å². The average Bonchev–Trinajstić information content (AvgIpc) is 1.61. The van der Waals surface area contributed by atoms with E-state index in [9.17, 15) is 0 Å². The molecular weight excluding hydrogens is 103 g/mol. The highest BCUT2D eigenvalue weighted by Crippen LogP contribution is 2.25. The molecule has 42 valence electrons. The molecule has 0 aromatic carbocycles. The Balaban J connectivity index is 3.08. The summed E-state index contributed by atoms with van der Waals surface area (Å²) in [5, 5.41) is 0. The zero-order valence-corrected chi connectivity index (χ0v) is 6.20. The van der Waals surface area contributed by atoms with Gasteiger partial charge in [-0.2, -0.15) is 0 Å². The van der Waals surface area contributed by atoms with E-state index in [4.69, 9.17) is 0 Å². The fraction of sp³-hybridized carbons (Fsp3) is 0.667. The lowest BCUT2D eigenvalue weighted by Crippen LogP contribution is -1.55. The van der Waals surface area contributed by atoms with Gasteiger partial charge in [-0.25, -0.2) is 0 Å². The Morgan fingerprint density at radius 3 is 2.14 bits per heavy atom. The highest BCUT2D eigenvalue weighted by molar-refractivity contribution is 7.59. The van der Waals surface area contributed by atoms with E-state index in [1.807, 2.05) is 0 Å². The minimum absolute atomic E-state index is 0.213. The van der Waals surface area contributed by atoms with Crippen LogP contribution in [0.1, 0.15) is 13.3 Å². The molecule has 0 fully saturated rings. The van der Waals surface area contributed by atoms with Crippen LogP contribution in [-0.2, 0) is 0 Å². The molecule has 0 rings (SSSR count). The molecule has 0 aliphatic heterocycles. The van der Waals surface area contributed by atoms with Crippen LogP contribution in [0.15, 0.2) is 11.9 Å². The Labute approximate surface area is 47.4 Å². The lowest BCUT2D eigenvalue weighted by molar-refractivity contribution is 1.23. The molecule has 0 aromatic rings. The summed E-state index contributed by atoms with van der Waals surface area (Å²) in [6.07, 6.45) is 3.41. The number of hydrogen-bond acceptors (Lipinski definition) is 0. The molecule has 0 amide bonds. The second-order valence-electron chi connectivity index (χ2n) is 1.76. The summed E-state index contributed by atoms with van der Waals surface area (Å²) in [6, 6.07) is 0. The monoisotopic (exact) mass is 116 g/mol. The van der Waals surface area contributed by atoms with Gasteiger partial charge >= 0.3 is 0 Å². The lowest BCUT2D eigenvalue weighted by atomic mass is 10.5. The smallest absolute Gasteiger partial charge is 0.0376 e. The first-order valence-corrected chi connectivity index (χ1v) is 4.91. The first-order chi connectivity index (χ1) is 3.27. The second-order valence-corrected chi connectivity index (χ2v) is 3.98. The van der Waals surface area contributed by atoms with Gasteiger partial charge in [0.2, 0.25) is 0 Å². The van der Waals surface area contributed by atoms with E-state index < -0.39 is 0 Å². The topological polar surface area (TPSA) is 0 Å². The van der Waals surface area contributed by atoms with Crippen LogP contribution in [0.2, 0.25) is 0 Å². The summed E-state index contributed by atoms with van der Waals surface area (Å²) in [5.41, 5.74) is 0. The molecule has 0 nitrogen and oxygen atoms in total. The highest BCUT2D eigenvalue weighted by atomic mass is 31.1. The molecule has 1 heteroatoms. The van der Waals surface area contributed by atoms with E-state index >= 15 is 0 Å². The molecule has 0 N–H and O–H groups in total. The summed E-state index contributed by atoms with van der Waals surface area (Å²) in [4.78, 5) is 0. The molecule has 0 radical (unpaired) electrons. The molecule has 0 unspecified atom stereocenters. The zero-order chi connectivity index (χ0) is 5.70. The quantitative estimate of drug-likeness (QED) is 0.486. The molecule has 0 aromatic heterocycles. The minimum atomic E-state index is 0.213. The SMILES string of the molecule is CC/C=C/P(C)C. The molecule has 0 aliphatic rings.